The van der Waals surface area contributed by atoms with Crippen LogP contribution in [-0.2, 0) is 4.84 Å². The van der Waals surface area contributed by atoms with Crippen molar-refractivity contribution in [2.75, 3.05) is 25.5 Å². The van der Waals surface area contributed by atoms with Crippen molar-refractivity contribution >= 4 is 23.7 Å². The molecular formula is C21H23N3O3. The fraction of sp³-hybridized carbons (Fsp3) is 0.286. The fourth-order valence-corrected chi connectivity index (χ4v) is 3.07. The number of amides is 2. The van der Waals surface area contributed by atoms with E-state index in [-0.39, 0.29) is 11.8 Å². The molecule has 2 aromatic rings. The van der Waals surface area contributed by atoms with Crippen LogP contribution in [0.15, 0.2) is 53.7 Å². The summed E-state index contributed by atoms with van der Waals surface area (Å²) in [7, 11) is 1.47. The molecule has 0 aromatic heterocycles. The van der Waals surface area contributed by atoms with Crippen LogP contribution in [0.25, 0.3) is 0 Å². The number of likely N-dealkylation sites (tertiary alicyclic amines) is 1. The van der Waals surface area contributed by atoms with E-state index < -0.39 is 0 Å². The smallest absolute Gasteiger partial charge is 0.255 e. The van der Waals surface area contributed by atoms with Gasteiger partial charge in [-0.3, -0.25) is 9.59 Å². The van der Waals surface area contributed by atoms with Gasteiger partial charge in [-0.2, -0.15) is 0 Å². The summed E-state index contributed by atoms with van der Waals surface area (Å²) < 4.78 is 0. The lowest BCUT2D eigenvalue weighted by Gasteiger charge is -2.27. The average Bonchev–Trinajstić information content (AvgIpc) is 2.73. The number of para-hydroxylation sites is 1. The van der Waals surface area contributed by atoms with E-state index in [1.54, 1.807) is 42.6 Å². The topological polar surface area (TPSA) is 71.0 Å². The van der Waals surface area contributed by atoms with Crippen molar-refractivity contribution < 1.29 is 14.4 Å². The number of oxime groups is 1. The molecule has 0 atom stereocenters. The molecule has 0 bridgehead atoms. The van der Waals surface area contributed by atoms with E-state index in [1.165, 1.54) is 7.11 Å². The van der Waals surface area contributed by atoms with Gasteiger partial charge in [0.2, 0.25) is 0 Å². The van der Waals surface area contributed by atoms with Gasteiger partial charge in [-0.1, -0.05) is 29.4 Å². The summed E-state index contributed by atoms with van der Waals surface area (Å²) in [5.74, 6) is -0.291. The van der Waals surface area contributed by atoms with Crippen LogP contribution >= 0.6 is 0 Å². The largest absolute Gasteiger partial charge is 0.399 e. The van der Waals surface area contributed by atoms with Gasteiger partial charge in [0, 0.05) is 18.7 Å². The van der Waals surface area contributed by atoms with Crippen molar-refractivity contribution in [3.63, 3.8) is 0 Å². The summed E-state index contributed by atoms with van der Waals surface area (Å²) in [6, 6.07) is 14.1. The van der Waals surface area contributed by atoms with E-state index in [0.717, 1.165) is 37.9 Å². The zero-order chi connectivity index (χ0) is 19.1. The third kappa shape index (κ3) is 4.73. The van der Waals surface area contributed by atoms with Crippen molar-refractivity contribution in [2.24, 2.45) is 5.16 Å². The maximum absolute atomic E-state index is 12.8. The quantitative estimate of drug-likeness (QED) is 0.651. The Morgan fingerprint density at radius 1 is 1.04 bits per heavy atom. The van der Waals surface area contributed by atoms with E-state index in [0.29, 0.717) is 16.8 Å². The van der Waals surface area contributed by atoms with Crippen LogP contribution in [0, 0.1) is 0 Å². The minimum atomic E-state index is -0.260. The van der Waals surface area contributed by atoms with Gasteiger partial charge in [0.1, 0.15) is 7.11 Å². The number of rotatable bonds is 5. The van der Waals surface area contributed by atoms with Crippen LogP contribution in [0.3, 0.4) is 0 Å². The van der Waals surface area contributed by atoms with E-state index in [9.17, 15) is 9.59 Å². The normalized spacial score (nSPS) is 14.2. The molecule has 1 N–H and O–H groups in total. The lowest BCUT2D eigenvalue weighted by atomic mass is 10.1. The van der Waals surface area contributed by atoms with E-state index >= 15 is 0 Å². The van der Waals surface area contributed by atoms with Gasteiger partial charge in [0.25, 0.3) is 11.8 Å². The summed E-state index contributed by atoms with van der Waals surface area (Å²) >= 11 is 0. The van der Waals surface area contributed by atoms with Crippen molar-refractivity contribution in [3.8, 4) is 0 Å². The Kier molecular flexibility index (Phi) is 6.20. The maximum Gasteiger partial charge on any atom is 0.255 e. The number of piperidine rings is 1. The predicted octanol–water partition coefficient (Wildman–Crippen LogP) is 3.55. The Morgan fingerprint density at radius 3 is 2.44 bits per heavy atom. The zero-order valence-corrected chi connectivity index (χ0v) is 15.4. The number of carbonyl (C=O) groups is 2. The summed E-state index contributed by atoms with van der Waals surface area (Å²) in [5.41, 5.74) is 2.39. The third-order valence-corrected chi connectivity index (χ3v) is 4.53. The highest BCUT2D eigenvalue weighted by Gasteiger charge is 2.21. The number of nitrogens with one attached hydrogen (secondary N) is 1. The van der Waals surface area contributed by atoms with Crippen LogP contribution in [0.1, 0.15) is 45.5 Å². The number of carbonyl (C=O) groups excluding carboxylic acids is 2. The number of hydrogen-bond donors (Lipinski definition) is 1. The molecule has 6 heteroatoms. The van der Waals surface area contributed by atoms with Crippen LogP contribution in [0.5, 0.6) is 0 Å². The van der Waals surface area contributed by atoms with Crippen LogP contribution < -0.4 is 5.32 Å². The Hall–Kier alpha value is -3.15. The molecule has 1 aliphatic heterocycles. The van der Waals surface area contributed by atoms with E-state index in [1.807, 2.05) is 17.0 Å². The van der Waals surface area contributed by atoms with Crippen molar-refractivity contribution in [1.29, 1.82) is 0 Å². The molecule has 1 saturated heterocycles. The summed E-state index contributed by atoms with van der Waals surface area (Å²) in [6.07, 6.45) is 4.78. The summed E-state index contributed by atoms with van der Waals surface area (Å²) in [4.78, 5) is 31.9. The standard InChI is InChI=1S/C21H23N3O3/c1-27-22-15-16-9-11-17(12-10-16)20(25)23-19-8-4-3-7-18(19)21(26)24-13-5-2-6-14-24/h3-4,7-12,15H,2,5-6,13-14H2,1H3,(H,23,25)/b22-15+. The van der Waals surface area contributed by atoms with Crippen LogP contribution in [0.2, 0.25) is 0 Å². The number of benzene rings is 2. The minimum Gasteiger partial charge on any atom is -0.399 e. The molecular weight excluding hydrogens is 342 g/mol. The predicted molar refractivity (Wildman–Crippen MR) is 105 cm³/mol. The summed E-state index contributed by atoms with van der Waals surface area (Å²) in [5, 5.41) is 6.56. The molecule has 0 spiro atoms. The monoisotopic (exact) mass is 365 g/mol. The number of anilines is 1. The Bertz CT molecular complexity index is 825. The number of nitrogens with zero attached hydrogens (tertiary/aromatic N) is 2. The molecule has 1 aliphatic rings. The highest BCUT2D eigenvalue weighted by molar-refractivity contribution is 6.09. The molecule has 0 aliphatic carbocycles. The molecule has 1 heterocycles. The van der Waals surface area contributed by atoms with Crippen LogP contribution in [0.4, 0.5) is 5.69 Å². The molecule has 1 fully saturated rings. The second-order valence-electron chi connectivity index (χ2n) is 6.39. The van der Waals surface area contributed by atoms with Gasteiger partial charge >= 0.3 is 0 Å². The molecule has 27 heavy (non-hydrogen) atoms. The van der Waals surface area contributed by atoms with Gasteiger partial charge in [0.05, 0.1) is 17.5 Å². The molecule has 2 amide bonds. The highest BCUT2D eigenvalue weighted by atomic mass is 16.6. The Balaban J connectivity index is 1.74. The third-order valence-electron chi connectivity index (χ3n) is 4.53. The average molecular weight is 365 g/mol. The molecule has 0 unspecified atom stereocenters. The maximum atomic E-state index is 12.8. The molecule has 140 valence electrons. The Labute approximate surface area is 158 Å². The van der Waals surface area contributed by atoms with E-state index in [4.69, 9.17) is 0 Å². The van der Waals surface area contributed by atoms with Crippen LogP contribution in [-0.4, -0.2) is 43.1 Å². The lowest BCUT2D eigenvalue weighted by molar-refractivity contribution is 0.0725. The second-order valence-corrected chi connectivity index (χ2v) is 6.39. The van der Waals surface area contributed by atoms with E-state index in [2.05, 4.69) is 15.3 Å². The van der Waals surface area contributed by atoms with Crippen molar-refractivity contribution in [2.45, 2.75) is 19.3 Å². The first kappa shape index (κ1) is 18.6. The van der Waals surface area contributed by atoms with Gasteiger partial charge in [-0.05, 0) is 49.1 Å². The van der Waals surface area contributed by atoms with Crippen molar-refractivity contribution in [1.82, 2.24) is 4.90 Å². The van der Waals surface area contributed by atoms with Gasteiger partial charge < -0.3 is 15.1 Å². The SMILES string of the molecule is CO/N=C/c1ccc(C(=O)Nc2ccccc2C(=O)N2CCCCC2)cc1. The first-order valence-electron chi connectivity index (χ1n) is 9.05. The van der Waals surface area contributed by atoms with Gasteiger partial charge in [-0.25, -0.2) is 0 Å². The molecule has 3 rings (SSSR count). The lowest BCUT2D eigenvalue weighted by Crippen LogP contribution is -2.36. The van der Waals surface area contributed by atoms with Gasteiger partial charge in [-0.15, -0.1) is 0 Å². The molecule has 0 radical (unpaired) electrons. The first-order valence-corrected chi connectivity index (χ1v) is 9.05. The first-order chi connectivity index (χ1) is 13.2. The molecule has 6 nitrogen and oxygen atoms in total. The Morgan fingerprint density at radius 2 is 1.74 bits per heavy atom. The summed E-state index contributed by atoms with van der Waals surface area (Å²) in [6.45, 7) is 1.54. The fourth-order valence-electron chi connectivity index (χ4n) is 3.07. The second kappa shape index (κ2) is 8.98. The molecule has 2 aromatic carbocycles. The van der Waals surface area contributed by atoms with Crippen molar-refractivity contribution in [3.05, 3.63) is 65.2 Å². The highest BCUT2D eigenvalue weighted by Crippen LogP contribution is 2.21. The zero-order valence-electron chi connectivity index (χ0n) is 15.4. The minimum absolute atomic E-state index is 0.0308. The van der Waals surface area contributed by atoms with Gasteiger partial charge in [0.15, 0.2) is 0 Å². The molecule has 0 saturated carbocycles. The number of hydrogen-bond acceptors (Lipinski definition) is 4.